The van der Waals surface area contributed by atoms with Gasteiger partial charge in [0, 0.05) is 23.0 Å². The fraction of sp³-hybridized carbons (Fsp3) is 0.588. The predicted molar refractivity (Wildman–Crippen MR) is 181 cm³/mol. The van der Waals surface area contributed by atoms with Crippen LogP contribution in [0.25, 0.3) is 22.6 Å². The molecule has 3 aliphatic heterocycles. The van der Waals surface area contributed by atoms with E-state index in [0.717, 1.165) is 74.8 Å². The lowest BCUT2D eigenvalue weighted by Crippen LogP contribution is -2.55. The lowest BCUT2D eigenvalue weighted by Gasteiger charge is -2.41. The Morgan fingerprint density at radius 2 is 2.00 bits per heavy atom. The minimum absolute atomic E-state index is 0.0236. The first-order valence-corrected chi connectivity index (χ1v) is 18.0. The number of amides is 1. The lowest BCUT2D eigenvalue weighted by molar-refractivity contribution is -0.118. The van der Waals surface area contributed by atoms with E-state index in [1.807, 2.05) is 16.5 Å². The Labute approximate surface area is 282 Å². The molecule has 13 nitrogen and oxygen atoms in total. The smallest absolute Gasteiger partial charge is 0.248 e. The average molecular weight is 669 g/mol. The first kappa shape index (κ1) is 30.0. The summed E-state index contributed by atoms with van der Waals surface area (Å²) in [6.45, 7) is 5.24. The van der Waals surface area contributed by atoms with E-state index < -0.39 is 17.1 Å². The summed E-state index contributed by atoms with van der Waals surface area (Å²) in [5.41, 5.74) is 8.69. The maximum Gasteiger partial charge on any atom is 0.248 e. The Morgan fingerprint density at radius 1 is 1.19 bits per heavy atom. The number of carbonyl (C=O) groups is 1. The topological polar surface area (TPSA) is 175 Å². The van der Waals surface area contributed by atoms with Crippen molar-refractivity contribution in [2.24, 2.45) is 0 Å². The molecule has 250 valence electrons. The molecule has 0 unspecified atom stereocenters. The zero-order valence-electron chi connectivity index (χ0n) is 27.5. The zero-order valence-corrected chi connectivity index (χ0v) is 28.4. The van der Waals surface area contributed by atoms with Crippen molar-refractivity contribution in [2.75, 3.05) is 36.1 Å². The van der Waals surface area contributed by atoms with Gasteiger partial charge in [-0.3, -0.25) is 4.79 Å². The van der Waals surface area contributed by atoms with Gasteiger partial charge < -0.3 is 30.5 Å². The number of rotatable bonds is 3. The average Bonchev–Trinajstić information content (AvgIpc) is 3.83. The number of thiophene rings is 1. The molecule has 9 rings (SSSR count). The van der Waals surface area contributed by atoms with Crippen LogP contribution in [-0.4, -0.2) is 78.6 Å². The van der Waals surface area contributed by atoms with Crippen molar-refractivity contribution in [3.63, 3.8) is 0 Å². The van der Waals surface area contributed by atoms with Crippen LogP contribution >= 0.6 is 11.3 Å². The van der Waals surface area contributed by atoms with Gasteiger partial charge in [0.2, 0.25) is 5.91 Å². The molecule has 4 aromatic rings. The minimum Gasteiger partial charge on any atom is -0.389 e. The van der Waals surface area contributed by atoms with Gasteiger partial charge in [-0.05, 0) is 97.2 Å². The van der Waals surface area contributed by atoms with Crippen molar-refractivity contribution < 1.29 is 14.4 Å². The number of nitriles is 1. The second kappa shape index (κ2) is 10.5. The van der Waals surface area contributed by atoms with Crippen LogP contribution in [0.4, 0.5) is 16.6 Å². The number of aliphatic hydroxyl groups is 1. The summed E-state index contributed by atoms with van der Waals surface area (Å²) in [4.78, 5) is 29.5. The quantitative estimate of drug-likeness (QED) is 0.284. The highest BCUT2D eigenvalue weighted by Gasteiger charge is 2.49. The summed E-state index contributed by atoms with van der Waals surface area (Å²) in [6, 6.07) is 2.14. The molecule has 1 spiro atoms. The zero-order chi connectivity index (χ0) is 33.1. The molecule has 7 heterocycles. The van der Waals surface area contributed by atoms with Gasteiger partial charge in [0.25, 0.3) is 0 Å². The van der Waals surface area contributed by atoms with E-state index in [1.165, 1.54) is 16.2 Å². The number of hydrogen-bond donors (Lipinski definition) is 3. The summed E-state index contributed by atoms with van der Waals surface area (Å²) in [6.07, 6.45) is 8.40. The first-order valence-electron chi connectivity index (χ1n) is 17.2. The monoisotopic (exact) mass is 668 g/mol. The molecule has 14 heteroatoms. The van der Waals surface area contributed by atoms with E-state index in [0.29, 0.717) is 57.6 Å². The molecule has 48 heavy (non-hydrogen) atoms. The van der Waals surface area contributed by atoms with Gasteiger partial charge in [-0.2, -0.15) is 10.4 Å². The number of nitrogens with zero attached hydrogens (tertiary/aromatic N) is 8. The van der Waals surface area contributed by atoms with Gasteiger partial charge in [0.1, 0.15) is 28.3 Å². The van der Waals surface area contributed by atoms with Gasteiger partial charge in [0.15, 0.2) is 28.7 Å². The number of likely N-dealkylation sites (N-methyl/N-ethyl adjacent to an activating group) is 1. The Bertz CT molecular complexity index is 2040. The van der Waals surface area contributed by atoms with Crippen LogP contribution in [0, 0.1) is 11.3 Å². The number of nitrogen functional groups attached to an aromatic ring is 1. The number of piperidine rings is 1. The summed E-state index contributed by atoms with van der Waals surface area (Å²) in [5, 5.41) is 35.4. The molecule has 1 amide bonds. The molecule has 2 fully saturated rings. The highest BCUT2D eigenvalue weighted by Crippen LogP contribution is 2.55. The van der Waals surface area contributed by atoms with E-state index in [4.69, 9.17) is 30.5 Å². The van der Waals surface area contributed by atoms with E-state index in [9.17, 15) is 15.2 Å². The van der Waals surface area contributed by atoms with Crippen molar-refractivity contribution in [3.8, 4) is 17.6 Å². The van der Waals surface area contributed by atoms with Crippen LogP contribution in [-0.2, 0) is 23.1 Å². The number of aromatic nitrogens is 5. The maximum atomic E-state index is 13.7. The largest absolute Gasteiger partial charge is 0.389 e. The van der Waals surface area contributed by atoms with E-state index in [-0.39, 0.29) is 24.5 Å². The third kappa shape index (κ3) is 4.16. The van der Waals surface area contributed by atoms with Crippen LogP contribution < -0.4 is 16.0 Å². The number of carbonyl (C=O) groups excluding carboxylic acids is 1. The van der Waals surface area contributed by atoms with E-state index >= 15 is 0 Å². The fourth-order valence-corrected chi connectivity index (χ4v) is 10.6. The maximum absolute atomic E-state index is 13.7. The fourth-order valence-electron chi connectivity index (χ4n) is 9.49. The van der Waals surface area contributed by atoms with Crippen molar-refractivity contribution in [2.45, 2.75) is 107 Å². The third-order valence-electron chi connectivity index (χ3n) is 11.8. The minimum atomic E-state index is -0.993. The highest BCUT2D eigenvalue weighted by atomic mass is 32.1. The standard InChI is InChI=1S/C34H40N10O3S/c1-17(20-8-6-14-42(20)3)44-31-23-28(40-44)39-32(45)21-10-13-33(2,46)16-43(21)30(23)37-29(38-31)25-18-7-4-11-34(26(18)47-41-25)12-5-9-22-24(34)19(15-35)27(36)48-22/h17,20-21,46H,4-14,16,36H2,1-3H3,(H,39,40,45)/t17-,20-,21+,33+,34-/m0/s1. The van der Waals surface area contributed by atoms with E-state index in [2.05, 4.69) is 30.3 Å². The SMILES string of the molecule is C[C@@H]([C@@H]1CCCN1C)n1nc2c3c(nc(-c4noc5c4CCC[C@@]54CCCc5sc(N)c(C#N)c54)nc31)N1C[C@](C)(O)CC[C@@H]1C(=O)N2. The molecule has 2 aliphatic carbocycles. The van der Waals surface area contributed by atoms with Crippen LogP contribution in [0.1, 0.15) is 98.6 Å². The number of likely N-dealkylation sites (tertiary alicyclic amines) is 1. The molecular weight excluding hydrogens is 629 g/mol. The Hall–Kier alpha value is -4.06. The second-order valence-corrected chi connectivity index (χ2v) is 16.0. The molecule has 2 saturated heterocycles. The van der Waals surface area contributed by atoms with Crippen LogP contribution in [0.3, 0.4) is 0 Å². The number of hydrogen-bond acceptors (Lipinski definition) is 12. The van der Waals surface area contributed by atoms with Gasteiger partial charge in [-0.15, -0.1) is 11.3 Å². The van der Waals surface area contributed by atoms with Gasteiger partial charge in [-0.1, -0.05) is 5.16 Å². The molecule has 4 aromatic heterocycles. The number of nitrogens with two attached hydrogens (primary N) is 1. The van der Waals surface area contributed by atoms with Crippen LogP contribution in [0.2, 0.25) is 0 Å². The summed E-state index contributed by atoms with van der Waals surface area (Å²) < 4.78 is 8.28. The normalized spacial score (nSPS) is 28.9. The molecule has 5 aliphatic rings. The molecule has 0 radical (unpaired) electrons. The Morgan fingerprint density at radius 3 is 2.77 bits per heavy atom. The molecular formula is C34H40N10O3S. The molecule has 0 bridgehead atoms. The first-order chi connectivity index (χ1) is 23.1. The van der Waals surface area contributed by atoms with Crippen molar-refractivity contribution in [1.82, 2.24) is 29.8 Å². The molecule has 5 atom stereocenters. The van der Waals surface area contributed by atoms with Gasteiger partial charge in [-0.25, -0.2) is 14.6 Å². The van der Waals surface area contributed by atoms with Crippen LogP contribution in [0.5, 0.6) is 0 Å². The molecule has 4 N–H and O–H groups in total. The van der Waals surface area contributed by atoms with Crippen LogP contribution in [0.15, 0.2) is 4.52 Å². The van der Waals surface area contributed by atoms with Crippen molar-refractivity contribution in [3.05, 3.63) is 27.3 Å². The number of aryl methyl sites for hydroxylation is 1. The van der Waals surface area contributed by atoms with Gasteiger partial charge >= 0.3 is 0 Å². The van der Waals surface area contributed by atoms with E-state index in [1.54, 1.807) is 0 Å². The molecule has 0 aromatic carbocycles. The highest BCUT2D eigenvalue weighted by molar-refractivity contribution is 7.16. The van der Waals surface area contributed by atoms with Crippen molar-refractivity contribution in [1.29, 1.82) is 5.26 Å². The number of anilines is 3. The third-order valence-corrected chi connectivity index (χ3v) is 12.9. The number of fused-ring (bicyclic) bond motifs is 6. The Kier molecular flexibility index (Phi) is 6.55. The predicted octanol–water partition coefficient (Wildman–Crippen LogP) is 4.28. The summed E-state index contributed by atoms with van der Waals surface area (Å²) in [5.74, 6) is 2.08. The Balaban J connectivity index is 1.26. The van der Waals surface area contributed by atoms with Crippen molar-refractivity contribution >= 4 is 44.9 Å². The lowest BCUT2D eigenvalue weighted by atomic mass is 9.63. The summed E-state index contributed by atoms with van der Waals surface area (Å²) in [7, 11) is 2.14. The molecule has 0 saturated carbocycles. The number of nitrogens with one attached hydrogen (secondary N) is 1. The second-order valence-electron chi connectivity index (χ2n) is 14.8. The summed E-state index contributed by atoms with van der Waals surface area (Å²) >= 11 is 1.53. The van der Waals surface area contributed by atoms with Gasteiger partial charge in [0.05, 0.1) is 22.6 Å².